The zero-order valence-electron chi connectivity index (χ0n) is 20.6. The number of nitrogens with two attached hydrogens (primary N) is 2. The van der Waals surface area contributed by atoms with E-state index in [1.807, 2.05) is 0 Å². The van der Waals surface area contributed by atoms with Gasteiger partial charge in [0.2, 0.25) is 0 Å². The van der Waals surface area contributed by atoms with E-state index in [0.29, 0.717) is 23.8 Å². The lowest BCUT2D eigenvalue weighted by Gasteiger charge is -2.39. The molecular weight excluding hydrogens is 823 g/mol. The van der Waals surface area contributed by atoms with E-state index in [1.54, 1.807) is 12.1 Å². The lowest BCUT2D eigenvalue weighted by molar-refractivity contribution is -0.0560. The predicted molar refractivity (Wildman–Crippen MR) is 163 cm³/mol. The number of guanidine groups is 2. The highest BCUT2D eigenvalue weighted by atomic mass is 79.9. The molecule has 4 aliphatic rings. The van der Waals surface area contributed by atoms with Crippen molar-refractivity contribution in [3.63, 3.8) is 0 Å². The fourth-order valence-electron chi connectivity index (χ4n) is 6.75. The molecular formula is C22H23Br4ClN10O4. The summed E-state index contributed by atoms with van der Waals surface area (Å²) in [4.78, 5) is 42.1. The number of alkyl halides is 1. The Balaban J connectivity index is 1.35. The Morgan fingerprint density at radius 3 is 2.05 bits per heavy atom. The normalized spacial score (nSPS) is 35.0. The molecule has 8 atom stereocenters. The molecule has 220 valence electrons. The van der Waals surface area contributed by atoms with Crippen LogP contribution in [0.1, 0.15) is 21.0 Å². The zero-order valence-corrected chi connectivity index (χ0v) is 27.7. The van der Waals surface area contributed by atoms with Gasteiger partial charge in [0, 0.05) is 24.9 Å². The predicted octanol–water partition coefficient (Wildman–Crippen LogP) is 0.656. The quantitative estimate of drug-likeness (QED) is 0.188. The van der Waals surface area contributed by atoms with Gasteiger partial charge < -0.3 is 52.5 Å². The summed E-state index contributed by atoms with van der Waals surface area (Å²) in [6.07, 6.45) is -2.44. The van der Waals surface area contributed by atoms with Crippen molar-refractivity contribution in [1.82, 2.24) is 30.8 Å². The number of halogens is 5. The van der Waals surface area contributed by atoms with Crippen molar-refractivity contribution in [1.29, 1.82) is 0 Å². The minimum Gasteiger partial charge on any atom is -0.370 e. The molecule has 1 aliphatic carbocycles. The number of H-pyrrole nitrogens is 2. The smallest absolute Gasteiger partial charge is 0.267 e. The first-order valence-corrected chi connectivity index (χ1v) is 15.8. The molecule has 6 rings (SSSR count). The van der Waals surface area contributed by atoms with Gasteiger partial charge >= 0.3 is 0 Å². The van der Waals surface area contributed by atoms with Crippen molar-refractivity contribution >= 4 is 99.1 Å². The molecule has 14 nitrogen and oxygen atoms in total. The summed E-state index contributed by atoms with van der Waals surface area (Å²) in [6, 6.07) is 3.24. The van der Waals surface area contributed by atoms with Gasteiger partial charge in [-0.2, -0.15) is 0 Å². The van der Waals surface area contributed by atoms with Crippen LogP contribution in [0, 0.1) is 17.8 Å². The number of carbonyl (C=O) groups is 2. The average molecular weight is 847 g/mol. The van der Waals surface area contributed by atoms with Gasteiger partial charge in [-0.05, 0) is 81.8 Å². The van der Waals surface area contributed by atoms with Crippen LogP contribution in [-0.4, -0.2) is 90.9 Å². The van der Waals surface area contributed by atoms with E-state index in [0.717, 1.165) is 0 Å². The fraction of sp³-hybridized carbons (Fsp3) is 0.455. The number of aliphatic hydroxyl groups is 2. The number of fused-ring (bicyclic) bond motifs is 3. The fourth-order valence-corrected chi connectivity index (χ4v) is 8.69. The summed E-state index contributed by atoms with van der Waals surface area (Å²) >= 11 is 20.6. The number of nitrogens with zero attached hydrogens (tertiary/aromatic N) is 3. The first-order valence-electron chi connectivity index (χ1n) is 12.2. The molecule has 19 heteroatoms. The summed E-state index contributed by atoms with van der Waals surface area (Å²) in [5, 5.41) is 31.1. The van der Waals surface area contributed by atoms with Crippen LogP contribution in [0.3, 0.4) is 0 Å². The van der Waals surface area contributed by atoms with E-state index >= 15 is 0 Å². The second-order valence-electron chi connectivity index (χ2n) is 10.3. The maximum absolute atomic E-state index is 13.1. The van der Waals surface area contributed by atoms with Crippen LogP contribution in [-0.2, 0) is 0 Å². The molecule has 0 bridgehead atoms. The summed E-state index contributed by atoms with van der Waals surface area (Å²) in [5.74, 6) is -2.97. The molecule has 2 aromatic heterocycles. The third-order valence-electron chi connectivity index (χ3n) is 8.26. The summed E-state index contributed by atoms with van der Waals surface area (Å²) in [6.45, 7) is 0.0527. The summed E-state index contributed by atoms with van der Waals surface area (Å²) < 4.78 is 2.54. The van der Waals surface area contributed by atoms with Crippen molar-refractivity contribution < 1.29 is 19.8 Å². The van der Waals surface area contributed by atoms with Crippen molar-refractivity contribution in [3.8, 4) is 0 Å². The van der Waals surface area contributed by atoms with E-state index in [-0.39, 0.29) is 30.7 Å². The molecule has 2 fully saturated rings. The largest absolute Gasteiger partial charge is 0.370 e. The van der Waals surface area contributed by atoms with Crippen molar-refractivity contribution in [3.05, 3.63) is 41.7 Å². The Morgan fingerprint density at radius 1 is 1.00 bits per heavy atom. The van der Waals surface area contributed by atoms with Gasteiger partial charge in [0.05, 0.1) is 23.5 Å². The number of nitrogens with one attached hydrogen (secondary N) is 5. The van der Waals surface area contributed by atoms with E-state index in [9.17, 15) is 19.8 Å². The van der Waals surface area contributed by atoms with Crippen LogP contribution in [0.2, 0.25) is 0 Å². The number of rotatable bonds is 6. The number of hydrogen-bond acceptors (Lipinski definition) is 10. The van der Waals surface area contributed by atoms with Gasteiger partial charge in [-0.25, -0.2) is 9.98 Å². The van der Waals surface area contributed by atoms with Crippen LogP contribution in [0.5, 0.6) is 0 Å². The van der Waals surface area contributed by atoms with Crippen LogP contribution in [0.15, 0.2) is 40.3 Å². The number of amides is 2. The summed E-state index contributed by atoms with van der Waals surface area (Å²) in [7, 11) is 0. The first kappa shape index (κ1) is 29.3. The number of aliphatic imine (C=N–C) groups is 2. The molecule has 1 unspecified atom stereocenters. The number of carbonyl (C=O) groups excluding carboxylic acids is 2. The number of aromatic nitrogens is 2. The SMILES string of the molecule is NC1=N[C@H]2N3C(N)=N[C@@H](O)C34[C@@H](Cl)[C@H](CNC(=O)c3cc(Br)c(Br)[nH]3)[C@@H](CNC(=O)c3cc(Br)c(Br)[nH]3)[C@@H]4[C@@]2(O)N1. The number of aliphatic hydroxyl groups excluding tert-OH is 1. The third kappa shape index (κ3) is 4.19. The van der Waals surface area contributed by atoms with Crippen molar-refractivity contribution in [2.75, 3.05) is 13.1 Å². The lowest BCUT2D eigenvalue weighted by atomic mass is 9.77. The van der Waals surface area contributed by atoms with E-state index in [1.165, 1.54) is 4.90 Å². The van der Waals surface area contributed by atoms with Crippen LogP contribution in [0.25, 0.3) is 0 Å². The zero-order chi connectivity index (χ0) is 29.6. The highest BCUT2D eigenvalue weighted by Gasteiger charge is 2.82. The third-order valence-corrected chi connectivity index (χ3v) is 12.5. The molecule has 0 aromatic carbocycles. The highest BCUT2D eigenvalue weighted by molar-refractivity contribution is 9.13. The molecule has 1 spiro atoms. The van der Waals surface area contributed by atoms with Gasteiger partial charge in [0.25, 0.3) is 11.8 Å². The molecule has 11 N–H and O–H groups in total. The summed E-state index contributed by atoms with van der Waals surface area (Å²) in [5.41, 5.74) is 9.60. The second kappa shape index (κ2) is 10.1. The highest BCUT2D eigenvalue weighted by Crippen LogP contribution is 2.63. The van der Waals surface area contributed by atoms with Crippen LogP contribution >= 0.6 is 75.3 Å². The Kier molecular flexibility index (Phi) is 7.22. The molecule has 1 saturated heterocycles. The monoisotopic (exact) mass is 842 g/mol. The van der Waals surface area contributed by atoms with Crippen LogP contribution in [0.4, 0.5) is 0 Å². The van der Waals surface area contributed by atoms with E-state index in [2.05, 4.69) is 99.6 Å². The lowest BCUT2D eigenvalue weighted by Crippen LogP contribution is -2.61. The maximum atomic E-state index is 13.1. The maximum Gasteiger partial charge on any atom is 0.267 e. The van der Waals surface area contributed by atoms with Crippen molar-refractivity contribution in [2.24, 2.45) is 39.2 Å². The van der Waals surface area contributed by atoms with Gasteiger partial charge in [-0.1, -0.05) is 0 Å². The molecule has 0 radical (unpaired) electrons. The topological polar surface area (TPSA) is 222 Å². The van der Waals surface area contributed by atoms with Gasteiger partial charge in [-0.15, -0.1) is 11.6 Å². The first-order chi connectivity index (χ1) is 19.3. The molecule has 2 aromatic rings. The standard InChI is InChI=1S/C22H23Br4ClN10O4/c23-7-1-9(32-13(7)25)15(38)30-3-5-6(4-31-16(39)10-2-8(24)14(26)33-10)12(27)21-11(5)22(41)17(34-19(28)36-22)37(21)20(29)35-18(21)40/h1-2,5-6,11-12,17-18,32-33,40-41H,3-4H2,(H2,29,35)(H,30,38)(H,31,39)(H3,28,34,36)/t5-,6-,11+,12+,17+,18+,21?,22+/m1/s1. The molecule has 2 amide bonds. The molecule has 3 aliphatic heterocycles. The second-order valence-corrected chi connectivity index (χ2v) is 14.0. The van der Waals surface area contributed by atoms with Gasteiger partial charge in [0.15, 0.2) is 30.0 Å². The average Bonchev–Trinajstić information content (AvgIpc) is 3.67. The van der Waals surface area contributed by atoms with E-state index < -0.39 is 58.6 Å². The molecule has 5 heterocycles. The van der Waals surface area contributed by atoms with Crippen LogP contribution < -0.4 is 27.4 Å². The van der Waals surface area contributed by atoms with Gasteiger partial charge in [-0.3, -0.25) is 9.59 Å². The van der Waals surface area contributed by atoms with E-state index in [4.69, 9.17) is 23.1 Å². The van der Waals surface area contributed by atoms with Gasteiger partial charge in [0.1, 0.15) is 16.9 Å². The Labute approximate surface area is 271 Å². The molecule has 1 saturated carbocycles. The Bertz CT molecular complexity index is 1480. The number of aromatic amines is 2. The number of hydrogen-bond donors (Lipinski definition) is 9. The Hall–Kier alpha value is -1.83. The minimum absolute atomic E-state index is 0.0138. The molecule has 41 heavy (non-hydrogen) atoms. The Morgan fingerprint density at radius 2 is 1.54 bits per heavy atom. The van der Waals surface area contributed by atoms with Crippen molar-refractivity contribution in [2.45, 2.75) is 29.0 Å². The minimum atomic E-state index is -1.80.